The molecule has 0 spiro atoms. The van der Waals surface area contributed by atoms with Gasteiger partial charge in [0.05, 0.1) is 17.0 Å². The number of sulfonamides is 1. The van der Waals surface area contributed by atoms with Crippen molar-refractivity contribution in [2.45, 2.75) is 23.8 Å². The van der Waals surface area contributed by atoms with Gasteiger partial charge in [0.25, 0.3) is 0 Å². The number of nitrogens with two attached hydrogens (primary N) is 2. The van der Waals surface area contributed by atoms with Crippen molar-refractivity contribution in [1.82, 2.24) is 14.7 Å². The van der Waals surface area contributed by atoms with Gasteiger partial charge < -0.3 is 16.8 Å². The minimum absolute atomic E-state index is 0.0257. The van der Waals surface area contributed by atoms with Gasteiger partial charge >= 0.3 is 0 Å². The van der Waals surface area contributed by atoms with Crippen molar-refractivity contribution >= 4 is 39.0 Å². The Morgan fingerprint density at radius 2 is 2.10 bits per heavy atom. The fourth-order valence-corrected chi connectivity index (χ4v) is 6.20. The summed E-state index contributed by atoms with van der Waals surface area (Å²) in [7, 11) is -3.75. The number of nitrogens with zero attached hydrogens (tertiary/aromatic N) is 2. The molecule has 0 radical (unpaired) electrons. The summed E-state index contributed by atoms with van der Waals surface area (Å²) in [4.78, 5) is 19.6. The number of hydrogen-bond acceptors (Lipinski definition) is 7. The second-order valence-electron chi connectivity index (χ2n) is 8.01. The highest BCUT2D eigenvalue weighted by Gasteiger charge is 2.55. The van der Waals surface area contributed by atoms with E-state index < -0.39 is 33.7 Å². The number of rotatable bonds is 7. The van der Waals surface area contributed by atoms with E-state index in [0.717, 1.165) is 6.20 Å². The molecule has 2 aromatic rings. The van der Waals surface area contributed by atoms with E-state index in [1.165, 1.54) is 12.1 Å². The number of nitrogens with one attached hydrogen (secondary N) is 2. The van der Waals surface area contributed by atoms with E-state index in [2.05, 4.69) is 20.0 Å². The van der Waals surface area contributed by atoms with Crippen molar-refractivity contribution in [3.8, 4) is 0 Å². The first-order valence-corrected chi connectivity index (χ1v) is 11.6. The molecule has 12 heteroatoms. The standard InChI is InChI=1S/C19H22ClFN6O3S/c20-19-24-8-14(21)18(27-19)26-16-13-5-9(15(16)17(23)28)4-10(13)7-25-31(29,30)12-3-1-2-11(22)6-12/h1-3,6,8-10,13,15-16,25H,4-5,7,22H2,(H2,23,28)(H,24,26,27)/t9-,10-,13+,15-,16+/m0/s1. The van der Waals surface area contributed by atoms with Gasteiger partial charge in [0.1, 0.15) is 0 Å². The Kier molecular flexibility index (Phi) is 5.75. The molecule has 0 saturated heterocycles. The van der Waals surface area contributed by atoms with Crippen molar-refractivity contribution in [3.63, 3.8) is 0 Å². The first-order valence-electron chi connectivity index (χ1n) is 9.75. The summed E-state index contributed by atoms with van der Waals surface area (Å²) < 4.78 is 42.1. The predicted octanol–water partition coefficient (Wildman–Crippen LogP) is 1.37. The molecule has 2 aliphatic rings. The molecule has 1 aromatic carbocycles. The average molecular weight is 469 g/mol. The highest BCUT2D eigenvalue weighted by molar-refractivity contribution is 7.89. The monoisotopic (exact) mass is 468 g/mol. The number of benzene rings is 1. The summed E-state index contributed by atoms with van der Waals surface area (Å²) in [5.74, 6) is -1.99. The number of fused-ring (bicyclic) bond motifs is 2. The number of carbonyl (C=O) groups excluding carboxylic acids is 1. The van der Waals surface area contributed by atoms with Crippen LogP contribution in [-0.2, 0) is 14.8 Å². The lowest BCUT2D eigenvalue weighted by Gasteiger charge is -2.35. The van der Waals surface area contributed by atoms with E-state index in [-0.39, 0.29) is 40.3 Å². The third-order valence-corrected chi connectivity index (χ3v) is 7.80. The summed E-state index contributed by atoms with van der Waals surface area (Å²) >= 11 is 5.77. The normalized spacial score (nSPS) is 27.4. The highest BCUT2D eigenvalue weighted by Crippen LogP contribution is 2.52. The topological polar surface area (TPSA) is 153 Å². The fourth-order valence-electron chi connectivity index (χ4n) is 4.92. The van der Waals surface area contributed by atoms with E-state index in [1.807, 2.05) is 0 Å². The van der Waals surface area contributed by atoms with Crippen molar-refractivity contribution in [1.29, 1.82) is 0 Å². The van der Waals surface area contributed by atoms with Gasteiger partial charge in [-0.15, -0.1) is 0 Å². The third-order valence-electron chi connectivity index (χ3n) is 6.19. The van der Waals surface area contributed by atoms with Crippen LogP contribution >= 0.6 is 11.6 Å². The Morgan fingerprint density at radius 3 is 2.81 bits per heavy atom. The van der Waals surface area contributed by atoms with E-state index in [4.69, 9.17) is 23.1 Å². The maximum atomic E-state index is 14.2. The molecule has 4 rings (SSSR count). The Balaban J connectivity index is 1.51. The highest BCUT2D eigenvalue weighted by atomic mass is 35.5. The summed E-state index contributed by atoms with van der Waals surface area (Å²) in [6, 6.07) is 5.54. The Morgan fingerprint density at radius 1 is 1.32 bits per heavy atom. The first-order chi connectivity index (χ1) is 14.7. The van der Waals surface area contributed by atoms with Crippen molar-refractivity contribution in [3.05, 3.63) is 41.6 Å². The van der Waals surface area contributed by atoms with Crippen LogP contribution in [0, 0.1) is 29.5 Å². The number of anilines is 2. The Labute approximate surface area is 183 Å². The second kappa shape index (κ2) is 8.21. The maximum absolute atomic E-state index is 14.2. The van der Waals surface area contributed by atoms with E-state index in [1.54, 1.807) is 12.1 Å². The largest absolute Gasteiger partial charge is 0.399 e. The molecule has 2 aliphatic carbocycles. The van der Waals surface area contributed by atoms with Crippen LogP contribution in [0.3, 0.4) is 0 Å². The molecular weight excluding hydrogens is 447 g/mol. The van der Waals surface area contributed by atoms with E-state index >= 15 is 0 Å². The van der Waals surface area contributed by atoms with Crippen LogP contribution in [-0.4, -0.2) is 36.9 Å². The summed E-state index contributed by atoms with van der Waals surface area (Å²) in [6.45, 7) is 0.176. The number of amides is 1. The molecule has 1 aromatic heterocycles. The number of primary amides is 1. The van der Waals surface area contributed by atoms with E-state index in [9.17, 15) is 17.6 Å². The molecule has 2 saturated carbocycles. The maximum Gasteiger partial charge on any atom is 0.240 e. The van der Waals surface area contributed by atoms with Crippen LogP contribution < -0.4 is 21.5 Å². The molecule has 1 heterocycles. The van der Waals surface area contributed by atoms with Gasteiger partial charge in [-0.25, -0.2) is 22.5 Å². The van der Waals surface area contributed by atoms with Crippen LogP contribution in [0.25, 0.3) is 0 Å². The molecule has 31 heavy (non-hydrogen) atoms. The zero-order valence-electron chi connectivity index (χ0n) is 16.3. The lowest BCUT2D eigenvalue weighted by Crippen LogP contribution is -2.47. The number of nitrogen functional groups attached to an aromatic ring is 1. The Bertz CT molecular complexity index is 1120. The van der Waals surface area contributed by atoms with Crippen molar-refractivity contribution in [2.24, 2.45) is 29.4 Å². The van der Waals surface area contributed by atoms with Gasteiger partial charge in [-0.05, 0) is 60.4 Å². The second-order valence-corrected chi connectivity index (χ2v) is 10.1. The molecule has 2 bridgehead atoms. The molecule has 6 N–H and O–H groups in total. The predicted molar refractivity (Wildman–Crippen MR) is 113 cm³/mol. The lowest BCUT2D eigenvalue weighted by molar-refractivity contribution is -0.123. The van der Waals surface area contributed by atoms with Gasteiger partial charge in [0, 0.05) is 18.3 Å². The van der Waals surface area contributed by atoms with Crippen LogP contribution in [0.2, 0.25) is 5.28 Å². The lowest BCUT2D eigenvalue weighted by atomic mass is 9.78. The summed E-state index contributed by atoms with van der Waals surface area (Å²) in [6.07, 6.45) is 2.26. The number of hydrogen-bond donors (Lipinski definition) is 4. The smallest absolute Gasteiger partial charge is 0.240 e. The van der Waals surface area contributed by atoms with Crippen LogP contribution in [0.1, 0.15) is 12.8 Å². The number of carbonyl (C=O) groups is 1. The van der Waals surface area contributed by atoms with E-state index in [0.29, 0.717) is 18.5 Å². The zero-order valence-corrected chi connectivity index (χ0v) is 17.9. The minimum Gasteiger partial charge on any atom is -0.399 e. The summed E-state index contributed by atoms with van der Waals surface area (Å²) in [5.41, 5.74) is 11.7. The molecular formula is C19H22ClFN6O3S. The van der Waals surface area contributed by atoms with Gasteiger partial charge in [0.15, 0.2) is 11.6 Å². The van der Waals surface area contributed by atoms with Crippen molar-refractivity contribution < 1.29 is 17.6 Å². The van der Waals surface area contributed by atoms with Gasteiger partial charge in [0.2, 0.25) is 21.2 Å². The molecule has 0 unspecified atom stereocenters. The third kappa shape index (κ3) is 4.30. The molecule has 2 fully saturated rings. The summed E-state index contributed by atoms with van der Waals surface area (Å²) in [5, 5.41) is 2.84. The molecule has 5 atom stereocenters. The van der Waals surface area contributed by atoms with Crippen LogP contribution in [0.5, 0.6) is 0 Å². The van der Waals surface area contributed by atoms with Crippen LogP contribution in [0.4, 0.5) is 15.9 Å². The SMILES string of the molecule is NC(=O)[C@H]1[C@H]2C[C@@H](CNS(=O)(=O)c3cccc(N)c3)[C@@H](C2)[C@H]1Nc1nc(Cl)ncc1F. The van der Waals surface area contributed by atoms with Gasteiger partial charge in [-0.1, -0.05) is 6.07 Å². The quantitative estimate of drug-likeness (QED) is 0.353. The number of aromatic nitrogens is 2. The first kappa shape index (κ1) is 21.7. The van der Waals surface area contributed by atoms with Gasteiger partial charge in [-0.2, -0.15) is 4.98 Å². The minimum atomic E-state index is -3.75. The number of halogens is 2. The average Bonchev–Trinajstić information content (AvgIpc) is 3.27. The fraction of sp³-hybridized carbons (Fsp3) is 0.421. The van der Waals surface area contributed by atoms with Gasteiger partial charge in [-0.3, -0.25) is 4.79 Å². The molecule has 1 amide bonds. The molecule has 0 aliphatic heterocycles. The molecule has 9 nitrogen and oxygen atoms in total. The van der Waals surface area contributed by atoms with Crippen molar-refractivity contribution in [2.75, 3.05) is 17.6 Å². The van der Waals surface area contributed by atoms with Crippen LogP contribution in [0.15, 0.2) is 35.4 Å². The molecule has 166 valence electrons. The Hall–Kier alpha value is -2.50. The zero-order chi connectivity index (χ0) is 22.3.